The van der Waals surface area contributed by atoms with Gasteiger partial charge in [-0.15, -0.1) is 0 Å². The summed E-state index contributed by atoms with van der Waals surface area (Å²) in [6, 6.07) is 10.1. The lowest BCUT2D eigenvalue weighted by atomic mass is 9.64. The van der Waals surface area contributed by atoms with Gasteiger partial charge in [0.15, 0.2) is 0 Å². The van der Waals surface area contributed by atoms with Crippen molar-refractivity contribution in [2.75, 3.05) is 20.2 Å². The average molecular weight is 654 g/mol. The maximum atomic E-state index is 13.2. The smallest absolute Gasteiger partial charge is 0.260 e. The van der Waals surface area contributed by atoms with E-state index in [0.29, 0.717) is 42.0 Å². The fourth-order valence-corrected chi connectivity index (χ4v) is 8.15. The number of amides is 1. The third-order valence-corrected chi connectivity index (χ3v) is 11.9. The topological polar surface area (TPSA) is 88.6 Å². The number of halogens is 1. The van der Waals surface area contributed by atoms with Gasteiger partial charge in [-0.2, -0.15) is 0 Å². The van der Waals surface area contributed by atoms with Crippen molar-refractivity contribution >= 4 is 27.5 Å². The molecule has 9 heteroatoms. The maximum Gasteiger partial charge on any atom is 0.260 e. The molecule has 1 aliphatic carbocycles. The lowest BCUT2D eigenvalue weighted by molar-refractivity contribution is -0.115. The predicted molar refractivity (Wildman–Crippen MR) is 183 cm³/mol. The summed E-state index contributed by atoms with van der Waals surface area (Å²) in [7, 11) is -2.25. The number of nitrogens with one attached hydrogen (secondary N) is 1. The van der Waals surface area contributed by atoms with E-state index < -0.39 is 21.2 Å². The first-order valence-electron chi connectivity index (χ1n) is 16.0. The molecule has 6 atom stereocenters. The number of aromatic nitrogens is 1. The number of allylic oxidation sites excluding steroid dienone is 3. The molecule has 1 aromatic heterocycles. The molecule has 1 N–H and O–H groups in total. The summed E-state index contributed by atoms with van der Waals surface area (Å²) in [6.07, 6.45) is 11.3. The average Bonchev–Trinajstić information content (AvgIpc) is 3.00. The third kappa shape index (κ3) is 8.20. The Morgan fingerprint density at radius 2 is 1.98 bits per heavy atom. The van der Waals surface area contributed by atoms with E-state index in [-0.39, 0.29) is 17.8 Å². The van der Waals surface area contributed by atoms with E-state index in [0.717, 1.165) is 36.4 Å². The van der Waals surface area contributed by atoms with Crippen LogP contribution in [0.15, 0.2) is 72.6 Å². The van der Waals surface area contributed by atoms with Gasteiger partial charge in [0.1, 0.15) is 0 Å². The molecule has 0 radical (unpaired) electrons. The van der Waals surface area contributed by atoms with Gasteiger partial charge in [-0.05, 0) is 98.6 Å². The molecule has 1 fully saturated rings. The van der Waals surface area contributed by atoms with Crippen LogP contribution in [0.1, 0.15) is 82.4 Å². The van der Waals surface area contributed by atoms with Gasteiger partial charge in [-0.3, -0.25) is 4.79 Å². The Labute approximate surface area is 274 Å². The molecule has 1 saturated carbocycles. The van der Waals surface area contributed by atoms with Crippen LogP contribution in [0, 0.1) is 17.8 Å². The highest BCUT2D eigenvalue weighted by Crippen LogP contribution is 2.47. The predicted octanol–water partition coefficient (Wildman–Crippen LogP) is 7.41. The molecule has 244 valence electrons. The molecule has 45 heavy (non-hydrogen) atoms. The Hall–Kier alpha value is -3.10. The number of fused-ring (bicyclic) bond motifs is 1. The van der Waals surface area contributed by atoms with Crippen molar-refractivity contribution in [1.29, 1.82) is 0 Å². The van der Waals surface area contributed by atoms with Crippen molar-refractivity contribution in [3.05, 3.63) is 94.3 Å². The number of ether oxygens (including phenoxy) is 1. The number of pyridine rings is 1. The summed E-state index contributed by atoms with van der Waals surface area (Å²) < 4.78 is 34.4. The first-order valence-corrected chi connectivity index (χ1v) is 17.9. The van der Waals surface area contributed by atoms with Crippen LogP contribution in [-0.4, -0.2) is 49.7 Å². The zero-order valence-corrected chi connectivity index (χ0v) is 29.0. The molecule has 1 aliphatic heterocycles. The fraction of sp³-hybridized carbons (Fsp3) is 0.500. The van der Waals surface area contributed by atoms with Crippen LogP contribution in [0.25, 0.3) is 0 Å². The van der Waals surface area contributed by atoms with Gasteiger partial charge < -0.3 is 9.64 Å². The summed E-state index contributed by atoms with van der Waals surface area (Å²) in [6.45, 7) is 15.4. The first-order chi connectivity index (χ1) is 21.4. The molecule has 0 saturated heterocycles. The van der Waals surface area contributed by atoms with E-state index in [1.54, 1.807) is 33.2 Å². The molecule has 6 unspecified atom stereocenters. The number of hydrogen-bond acceptors (Lipinski definition) is 6. The number of carbonyl (C=O) groups excluding carboxylic acids is 1. The summed E-state index contributed by atoms with van der Waals surface area (Å²) in [5.41, 5.74) is 4.47. The minimum Gasteiger partial charge on any atom is -0.481 e. The van der Waals surface area contributed by atoms with Crippen LogP contribution in [-0.2, 0) is 21.2 Å². The summed E-state index contributed by atoms with van der Waals surface area (Å²) in [5.74, 6) is 0.722. The highest BCUT2D eigenvalue weighted by atomic mass is 35.5. The summed E-state index contributed by atoms with van der Waals surface area (Å²) in [4.78, 5) is 19.9. The second kappa shape index (κ2) is 15.0. The molecule has 1 aromatic carbocycles. The fourth-order valence-electron chi connectivity index (χ4n) is 6.63. The molecule has 1 amide bonds. The van der Waals surface area contributed by atoms with Gasteiger partial charge in [-0.1, -0.05) is 63.2 Å². The molecule has 2 heterocycles. The van der Waals surface area contributed by atoms with E-state index in [2.05, 4.69) is 59.3 Å². The quantitative estimate of drug-likeness (QED) is 0.327. The van der Waals surface area contributed by atoms with Gasteiger partial charge in [-0.25, -0.2) is 18.1 Å². The lowest BCUT2D eigenvalue weighted by Gasteiger charge is -2.45. The number of methoxy groups -OCH3 is 1. The molecule has 7 nitrogen and oxygen atoms in total. The van der Waals surface area contributed by atoms with Crippen LogP contribution in [0.4, 0.5) is 0 Å². The molecule has 4 rings (SSSR count). The minimum atomic E-state index is -3.90. The zero-order chi connectivity index (χ0) is 32.9. The number of hydrogen-bond donors (Lipinski definition) is 1. The Kier molecular flexibility index (Phi) is 11.6. The van der Waals surface area contributed by atoms with Crippen molar-refractivity contribution in [3.63, 3.8) is 0 Å². The van der Waals surface area contributed by atoms with Crippen molar-refractivity contribution in [2.45, 2.75) is 77.4 Å². The van der Waals surface area contributed by atoms with E-state index in [4.69, 9.17) is 16.3 Å². The standard InChI is InChI=1S/C36H48ClN3O4S/c1-8-28-20-30(37)15-17-31(28)25(4)21-40-22-29-14-16-32(29)33(34-13-10-18-38-36(34)44-7)12-9-11-23(2)27(6)45(42,43)39-35(41)24(3)19-26(40)5/h9-10,12-13,15,17-20,23,25,27,29,32-33H,5,8,11,14,16,21-22H2,1-4,6-7H3,(H,39,41)/b12-9+,24-19+. The molecule has 2 aromatic rings. The largest absolute Gasteiger partial charge is 0.481 e. The number of aryl methyl sites for hydroxylation is 1. The minimum absolute atomic E-state index is 0.0619. The highest BCUT2D eigenvalue weighted by molar-refractivity contribution is 7.90. The normalized spacial score (nSPS) is 28.6. The second-order valence-corrected chi connectivity index (χ2v) is 15.2. The van der Waals surface area contributed by atoms with Crippen molar-refractivity contribution in [3.8, 4) is 5.88 Å². The number of sulfonamides is 1. The summed E-state index contributed by atoms with van der Waals surface area (Å²) in [5, 5.41) is -0.0370. The van der Waals surface area contributed by atoms with Crippen molar-refractivity contribution in [1.82, 2.24) is 14.6 Å². The van der Waals surface area contributed by atoms with E-state index in [1.165, 1.54) is 11.1 Å². The Balaban J connectivity index is 1.75. The van der Waals surface area contributed by atoms with Crippen LogP contribution in [0.5, 0.6) is 5.88 Å². The highest BCUT2D eigenvalue weighted by Gasteiger charge is 2.39. The van der Waals surface area contributed by atoms with Gasteiger partial charge in [0.2, 0.25) is 15.9 Å². The molecule has 0 spiro atoms. The lowest BCUT2D eigenvalue weighted by Crippen LogP contribution is -2.42. The molecule has 2 aliphatic rings. The molecular formula is C36H48ClN3O4S. The van der Waals surface area contributed by atoms with Crippen molar-refractivity contribution in [2.24, 2.45) is 17.8 Å². The maximum absolute atomic E-state index is 13.2. The van der Waals surface area contributed by atoms with Gasteiger partial charge >= 0.3 is 0 Å². The Morgan fingerprint density at radius 1 is 1.22 bits per heavy atom. The van der Waals surface area contributed by atoms with Crippen LogP contribution < -0.4 is 9.46 Å². The monoisotopic (exact) mass is 653 g/mol. The number of benzene rings is 1. The van der Waals surface area contributed by atoms with E-state index in [9.17, 15) is 13.2 Å². The van der Waals surface area contributed by atoms with Crippen LogP contribution >= 0.6 is 11.6 Å². The van der Waals surface area contributed by atoms with Crippen LogP contribution in [0.3, 0.4) is 0 Å². The zero-order valence-electron chi connectivity index (χ0n) is 27.4. The summed E-state index contributed by atoms with van der Waals surface area (Å²) >= 11 is 6.33. The van der Waals surface area contributed by atoms with Gasteiger partial charge in [0.05, 0.1) is 12.4 Å². The first kappa shape index (κ1) is 34.8. The third-order valence-electron chi connectivity index (χ3n) is 9.78. The van der Waals surface area contributed by atoms with Gasteiger partial charge in [0.25, 0.3) is 5.91 Å². The Morgan fingerprint density at radius 3 is 2.64 bits per heavy atom. The van der Waals surface area contributed by atoms with E-state index >= 15 is 0 Å². The molecule has 0 bridgehead atoms. The van der Waals surface area contributed by atoms with Crippen LogP contribution in [0.2, 0.25) is 5.02 Å². The van der Waals surface area contributed by atoms with E-state index in [1.807, 2.05) is 25.1 Å². The number of carbonyl (C=O) groups is 1. The second-order valence-electron chi connectivity index (χ2n) is 12.8. The number of nitrogens with zero attached hydrogens (tertiary/aromatic N) is 2. The van der Waals surface area contributed by atoms with Crippen molar-refractivity contribution < 1.29 is 17.9 Å². The molecular weight excluding hydrogens is 606 g/mol. The number of rotatable bonds is 6. The van der Waals surface area contributed by atoms with Gasteiger partial charge in [0, 0.05) is 47.1 Å². The Bertz CT molecular complexity index is 1550. The SMILES string of the molecule is C=C1/C=C(\C)C(=O)NS(=O)(=O)C(C)C(C)C/C=C/C(c2cccnc2OC)C2CCC2CN1CC(C)c1ccc(Cl)cc1CC.